The molecule has 0 aliphatic rings. The quantitative estimate of drug-likeness (QED) is 0.386. The zero-order valence-electron chi connectivity index (χ0n) is 19.9. The van der Waals surface area contributed by atoms with Gasteiger partial charge in [-0.25, -0.2) is 19.3 Å². The monoisotopic (exact) mass is 467 g/mol. The maximum atomic E-state index is 13.7. The van der Waals surface area contributed by atoms with E-state index in [9.17, 15) is 4.39 Å². The Balaban J connectivity index is 1.67. The third kappa shape index (κ3) is 4.61. The summed E-state index contributed by atoms with van der Waals surface area (Å²) in [5.41, 5.74) is 13.2. The zero-order chi connectivity index (χ0) is 24.5. The fraction of sp³-hybridized carbons (Fsp3) is 0.185. The van der Waals surface area contributed by atoms with E-state index in [1.54, 1.807) is 18.5 Å². The third-order valence-corrected chi connectivity index (χ3v) is 6.04. The second-order valence-electron chi connectivity index (χ2n) is 8.81. The Kier molecular flexibility index (Phi) is 5.96. The van der Waals surface area contributed by atoms with E-state index in [-0.39, 0.29) is 5.82 Å². The van der Waals surface area contributed by atoms with Crippen LogP contribution in [-0.2, 0) is 6.54 Å². The molecule has 0 spiro atoms. The molecule has 3 heterocycles. The van der Waals surface area contributed by atoms with Gasteiger partial charge in [0.15, 0.2) is 0 Å². The highest BCUT2D eigenvalue weighted by molar-refractivity contribution is 5.92. The summed E-state index contributed by atoms with van der Waals surface area (Å²) in [5.74, 6) is 0.0871. The van der Waals surface area contributed by atoms with Crippen LogP contribution in [0.5, 0.6) is 0 Å². The Morgan fingerprint density at radius 3 is 2.49 bits per heavy atom. The van der Waals surface area contributed by atoms with Crippen LogP contribution in [0.15, 0.2) is 67.3 Å². The molecule has 3 aromatic heterocycles. The van der Waals surface area contributed by atoms with Gasteiger partial charge in [0, 0.05) is 46.1 Å². The van der Waals surface area contributed by atoms with Crippen molar-refractivity contribution in [2.75, 3.05) is 26.4 Å². The number of pyridine rings is 1. The first kappa shape index (κ1) is 22.6. The van der Waals surface area contributed by atoms with Gasteiger partial charge in [-0.2, -0.15) is 5.10 Å². The van der Waals surface area contributed by atoms with Crippen LogP contribution >= 0.6 is 0 Å². The van der Waals surface area contributed by atoms with Gasteiger partial charge in [-0.05, 0) is 69.0 Å². The number of hydrogen-bond acceptors (Lipinski definition) is 6. The minimum atomic E-state index is -0.302. The number of hydrogen-bond donors (Lipinski definition) is 1. The maximum absolute atomic E-state index is 13.7. The number of likely N-dealkylation sites (N-methyl/N-ethyl adjacent to an activating group) is 1. The number of aromatic nitrogens is 5. The van der Waals surface area contributed by atoms with Crippen LogP contribution in [0.2, 0.25) is 0 Å². The molecule has 0 radical (unpaired) electrons. The van der Waals surface area contributed by atoms with Crippen molar-refractivity contribution in [3.05, 3.63) is 78.8 Å². The van der Waals surface area contributed by atoms with Crippen molar-refractivity contribution in [3.8, 4) is 33.5 Å². The highest BCUT2D eigenvalue weighted by atomic mass is 19.1. The molecule has 35 heavy (non-hydrogen) atoms. The van der Waals surface area contributed by atoms with Crippen molar-refractivity contribution < 1.29 is 4.39 Å². The van der Waals surface area contributed by atoms with Crippen LogP contribution in [0.4, 0.5) is 10.2 Å². The average Bonchev–Trinajstić information content (AvgIpc) is 3.32. The minimum Gasteiger partial charge on any atom is -0.383 e. The average molecular weight is 468 g/mol. The number of fused-ring (bicyclic) bond motifs is 1. The van der Waals surface area contributed by atoms with Crippen molar-refractivity contribution in [2.24, 2.45) is 0 Å². The van der Waals surface area contributed by atoms with Crippen molar-refractivity contribution in [1.29, 1.82) is 0 Å². The molecule has 0 unspecified atom stereocenters. The first-order valence-corrected chi connectivity index (χ1v) is 11.3. The summed E-state index contributed by atoms with van der Waals surface area (Å²) in [6.07, 6.45) is 5.36. The summed E-state index contributed by atoms with van der Waals surface area (Å²) in [6, 6.07) is 14.4. The van der Waals surface area contributed by atoms with Gasteiger partial charge in [-0.1, -0.05) is 6.07 Å². The molecule has 0 amide bonds. The number of nitrogens with two attached hydrogens (primary N) is 1. The van der Waals surface area contributed by atoms with E-state index in [2.05, 4.69) is 26.0 Å². The number of aryl methyl sites for hydroxylation is 1. The predicted molar refractivity (Wildman–Crippen MR) is 137 cm³/mol. The minimum absolute atomic E-state index is 0.302. The zero-order valence-corrected chi connectivity index (χ0v) is 19.9. The lowest BCUT2D eigenvalue weighted by Crippen LogP contribution is -2.18. The Hall–Kier alpha value is -4.17. The molecule has 0 atom stereocenters. The Labute approximate surface area is 203 Å². The lowest BCUT2D eigenvalue weighted by Gasteiger charge is -2.14. The highest BCUT2D eigenvalue weighted by Gasteiger charge is 2.17. The molecule has 7 nitrogen and oxygen atoms in total. The van der Waals surface area contributed by atoms with Crippen LogP contribution in [-0.4, -0.2) is 50.3 Å². The molecule has 5 aromatic rings. The Bertz CT molecular complexity index is 1510. The van der Waals surface area contributed by atoms with Gasteiger partial charge in [0.25, 0.3) is 0 Å². The molecule has 0 saturated heterocycles. The first-order valence-electron chi connectivity index (χ1n) is 11.3. The lowest BCUT2D eigenvalue weighted by molar-refractivity contribution is 0.373. The van der Waals surface area contributed by atoms with Gasteiger partial charge in [0.2, 0.25) is 0 Å². The summed E-state index contributed by atoms with van der Waals surface area (Å²) >= 11 is 0. The van der Waals surface area contributed by atoms with E-state index in [1.165, 1.54) is 12.1 Å². The molecule has 0 aliphatic heterocycles. The number of benzene rings is 2. The number of rotatable bonds is 6. The van der Waals surface area contributed by atoms with E-state index < -0.39 is 0 Å². The maximum Gasteiger partial charge on any atom is 0.132 e. The summed E-state index contributed by atoms with van der Waals surface area (Å²) in [4.78, 5) is 15.6. The number of halogens is 1. The van der Waals surface area contributed by atoms with E-state index in [0.717, 1.165) is 57.5 Å². The van der Waals surface area contributed by atoms with E-state index in [1.807, 2.05) is 56.3 Å². The summed E-state index contributed by atoms with van der Waals surface area (Å²) in [6.45, 7) is 3.61. The van der Waals surface area contributed by atoms with Crippen LogP contribution < -0.4 is 5.73 Å². The molecular formula is C27H26FN7. The Morgan fingerprint density at radius 2 is 1.71 bits per heavy atom. The highest BCUT2D eigenvalue weighted by Crippen LogP contribution is 2.38. The molecule has 5 rings (SSSR count). The van der Waals surface area contributed by atoms with Crippen LogP contribution in [0, 0.1) is 12.7 Å². The molecule has 2 aromatic carbocycles. The van der Waals surface area contributed by atoms with Gasteiger partial charge in [-0.15, -0.1) is 0 Å². The molecule has 2 N–H and O–H groups in total. The smallest absolute Gasteiger partial charge is 0.132 e. The molecule has 0 aliphatic carbocycles. The van der Waals surface area contributed by atoms with E-state index >= 15 is 0 Å². The summed E-state index contributed by atoms with van der Waals surface area (Å²) < 4.78 is 15.6. The van der Waals surface area contributed by atoms with Crippen molar-refractivity contribution in [1.82, 2.24) is 29.6 Å². The fourth-order valence-corrected chi connectivity index (χ4v) is 4.09. The van der Waals surface area contributed by atoms with Gasteiger partial charge in [0.05, 0.1) is 24.0 Å². The topological polar surface area (TPSA) is 85.8 Å². The normalized spacial score (nSPS) is 11.5. The molecule has 176 valence electrons. The fourth-order valence-electron chi connectivity index (χ4n) is 4.09. The second kappa shape index (κ2) is 9.23. The standard InChI is InChI=1S/C27H26FN7/c1-17-22-12-19(6-9-25(22)31-16-30-17)23-13-24(20-14-32-35(15-20)11-10-34(2)3)27(29)33-26(23)18-4-7-21(28)8-5-18/h4-9,12-16H,10-11H2,1-3H3,(H2,29,33). The van der Waals surface area contributed by atoms with Crippen molar-refractivity contribution in [3.63, 3.8) is 0 Å². The number of nitrogen functional groups attached to an aromatic ring is 1. The van der Waals surface area contributed by atoms with Crippen LogP contribution in [0.3, 0.4) is 0 Å². The summed E-state index contributed by atoms with van der Waals surface area (Å²) in [5, 5.41) is 5.46. The van der Waals surface area contributed by atoms with Gasteiger partial charge >= 0.3 is 0 Å². The SMILES string of the molecule is Cc1ncnc2ccc(-c3cc(-c4cnn(CCN(C)C)c4)c(N)nc3-c3ccc(F)cc3)cc12. The second-order valence-corrected chi connectivity index (χ2v) is 8.81. The molecule has 0 bridgehead atoms. The molecular weight excluding hydrogens is 441 g/mol. The molecule has 0 fully saturated rings. The first-order chi connectivity index (χ1) is 16.9. The molecule has 8 heteroatoms. The number of nitrogens with zero attached hydrogens (tertiary/aromatic N) is 6. The van der Waals surface area contributed by atoms with E-state index in [4.69, 9.17) is 10.7 Å². The van der Waals surface area contributed by atoms with Gasteiger partial charge in [-0.3, -0.25) is 4.68 Å². The van der Waals surface area contributed by atoms with E-state index in [0.29, 0.717) is 11.5 Å². The van der Waals surface area contributed by atoms with Crippen molar-refractivity contribution in [2.45, 2.75) is 13.5 Å². The lowest BCUT2D eigenvalue weighted by atomic mass is 9.95. The predicted octanol–water partition coefficient (Wildman–Crippen LogP) is 4.81. The Morgan fingerprint density at radius 1 is 0.943 bits per heavy atom. The van der Waals surface area contributed by atoms with Crippen molar-refractivity contribution >= 4 is 16.7 Å². The van der Waals surface area contributed by atoms with Gasteiger partial charge < -0.3 is 10.6 Å². The molecule has 0 saturated carbocycles. The number of anilines is 1. The third-order valence-electron chi connectivity index (χ3n) is 6.04. The summed E-state index contributed by atoms with van der Waals surface area (Å²) in [7, 11) is 4.06. The van der Waals surface area contributed by atoms with Gasteiger partial charge in [0.1, 0.15) is 18.0 Å². The van der Waals surface area contributed by atoms with Crippen LogP contribution in [0.1, 0.15) is 5.69 Å². The van der Waals surface area contributed by atoms with Crippen LogP contribution in [0.25, 0.3) is 44.4 Å². The largest absolute Gasteiger partial charge is 0.383 e.